The lowest BCUT2D eigenvalue weighted by Gasteiger charge is -2.12. The molecular formula is C17H22N2O. The van der Waals surface area contributed by atoms with Crippen LogP contribution >= 0.6 is 0 Å². The summed E-state index contributed by atoms with van der Waals surface area (Å²) in [5, 5.41) is 0. The van der Waals surface area contributed by atoms with Gasteiger partial charge in [0.05, 0.1) is 0 Å². The second kappa shape index (κ2) is 5.23. The van der Waals surface area contributed by atoms with Gasteiger partial charge in [-0.25, -0.2) is 4.98 Å². The molecule has 3 heteroatoms. The van der Waals surface area contributed by atoms with E-state index in [1.165, 1.54) is 11.1 Å². The second-order valence-electron chi connectivity index (χ2n) is 5.82. The highest BCUT2D eigenvalue weighted by atomic mass is 16.1. The Morgan fingerprint density at radius 3 is 2.15 bits per heavy atom. The SMILES string of the molecule is Cc1cc(C)c(-c2nc(C)c(C(C)C)c(=O)[nH]2)cc1C. The van der Waals surface area contributed by atoms with Gasteiger partial charge in [-0.05, 0) is 56.4 Å². The number of aromatic amines is 1. The Bertz CT molecular complexity index is 712. The van der Waals surface area contributed by atoms with Crippen LogP contribution in [0.3, 0.4) is 0 Å². The lowest BCUT2D eigenvalue weighted by molar-refractivity contribution is 0.814. The lowest BCUT2D eigenvalue weighted by Crippen LogP contribution is -2.18. The lowest BCUT2D eigenvalue weighted by atomic mass is 9.99. The van der Waals surface area contributed by atoms with Crippen molar-refractivity contribution in [3.05, 3.63) is 50.4 Å². The molecule has 0 unspecified atom stereocenters. The highest BCUT2D eigenvalue weighted by molar-refractivity contribution is 5.62. The summed E-state index contributed by atoms with van der Waals surface area (Å²) in [6, 6.07) is 4.23. The molecule has 106 valence electrons. The van der Waals surface area contributed by atoms with Crippen molar-refractivity contribution in [1.29, 1.82) is 0 Å². The number of rotatable bonds is 2. The van der Waals surface area contributed by atoms with E-state index in [-0.39, 0.29) is 11.5 Å². The predicted molar refractivity (Wildman–Crippen MR) is 83.3 cm³/mol. The Hall–Kier alpha value is -1.90. The number of benzene rings is 1. The average Bonchev–Trinajstić information content (AvgIpc) is 2.32. The molecule has 0 saturated carbocycles. The zero-order valence-corrected chi connectivity index (χ0v) is 13.1. The van der Waals surface area contributed by atoms with Gasteiger partial charge < -0.3 is 4.98 Å². The van der Waals surface area contributed by atoms with Crippen LogP contribution in [0, 0.1) is 27.7 Å². The van der Waals surface area contributed by atoms with Crippen molar-refractivity contribution >= 4 is 0 Å². The Morgan fingerprint density at radius 2 is 1.60 bits per heavy atom. The number of hydrogen-bond donors (Lipinski definition) is 1. The van der Waals surface area contributed by atoms with E-state index < -0.39 is 0 Å². The van der Waals surface area contributed by atoms with Gasteiger partial charge in [-0.2, -0.15) is 0 Å². The van der Waals surface area contributed by atoms with Crippen LogP contribution in [-0.2, 0) is 0 Å². The molecule has 0 aliphatic rings. The van der Waals surface area contributed by atoms with Crippen LogP contribution in [0.25, 0.3) is 11.4 Å². The molecule has 0 radical (unpaired) electrons. The number of H-pyrrole nitrogens is 1. The van der Waals surface area contributed by atoms with Crippen LogP contribution in [0.1, 0.15) is 47.7 Å². The summed E-state index contributed by atoms with van der Waals surface area (Å²) in [5.41, 5.74) is 6.16. The summed E-state index contributed by atoms with van der Waals surface area (Å²) < 4.78 is 0. The first-order chi connectivity index (χ1) is 9.31. The molecule has 0 amide bonds. The van der Waals surface area contributed by atoms with E-state index >= 15 is 0 Å². The van der Waals surface area contributed by atoms with E-state index in [1.54, 1.807) is 0 Å². The van der Waals surface area contributed by atoms with Crippen molar-refractivity contribution in [3.8, 4) is 11.4 Å². The van der Waals surface area contributed by atoms with E-state index in [0.717, 1.165) is 22.4 Å². The normalized spacial score (nSPS) is 11.2. The van der Waals surface area contributed by atoms with E-state index in [1.807, 2.05) is 27.7 Å². The average molecular weight is 270 g/mol. The molecule has 1 heterocycles. The molecular weight excluding hydrogens is 248 g/mol. The molecule has 0 bridgehead atoms. The maximum absolute atomic E-state index is 12.2. The van der Waals surface area contributed by atoms with Crippen molar-refractivity contribution < 1.29 is 0 Å². The first-order valence-electron chi connectivity index (χ1n) is 7.00. The van der Waals surface area contributed by atoms with Gasteiger partial charge in [-0.1, -0.05) is 19.9 Å². The highest BCUT2D eigenvalue weighted by Gasteiger charge is 2.14. The van der Waals surface area contributed by atoms with Gasteiger partial charge >= 0.3 is 0 Å². The molecule has 0 aliphatic carbocycles. The number of nitrogens with zero attached hydrogens (tertiary/aromatic N) is 1. The minimum absolute atomic E-state index is 0.0277. The van der Waals surface area contributed by atoms with Crippen LogP contribution in [-0.4, -0.2) is 9.97 Å². The molecule has 1 aromatic carbocycles. The Kier molecular flexibility index (Phi) is 3.80. The van der Waals surface area contributed by atoms with Crippen molar-refractivity contribution in [2.75, 3.05) is 0 Å². The number of aryl methyl sites for hydroxylation is 4. The zero-order chi connectivity index (χ0) is 15.0. The molecule has 0 aliphatic heterocycles. The third-order valence-electron chi connectivity index (χ3n) is 3.82. The van der Waals surface area contributed by atoms with Crippen molar-refractivity contribution in [2.45, 2.75) is 47.5 Å². The molecule has 2 aromatic rings. The van der Waals surface area contributed by atoms with Crippen molar-refractivity contribution in [1.82, 2.24) is 9.97 Å². The van der Waals surface area contributed by atoms with Crippen molar-refractivity contribution in [2.24, 2.45) is 0 Å². The third-order valence-corrected chi connectivity index (χ3v) is 3.82. The summed E-state index contributed by atoms with van der Waals surface area (Å²) >= 11 is 0. The second-order valence-corrected chi connectivity index (χ2v) is 5.82. The molecule has 0 fully saturated rings. The molecule has 0 saturated heterocycles. The fourth-order valence-electron chi connectivity index (χ4n) is 2.62. The maximum atomic E-state index is 12.2. The smallest absolute Gasteiger partial charge is 0.254 e. The van der Waals surface area contributed by atoms with Gasteiger partial charge in [0.25, 0.3) is 5.56 Å². The van der Waals surface area contributed by atoms with Crippen LogP contribution in [0.5, 0.6) is 0 Å². The highest BCUT2D eigenvalue weighted by Crippen LogP contribution is 2.24. The minimum atomic E-state index is -0.0277. The summed E-state index contributed by atoms with van der Waals surface area (Å²) in [6.45, 7) is 12.2. The van der Waals surface area contributed by atoms with E-state index in [4.69, 9.17) is 0 Å². The quantitative estimate of drug-likeness (QED) is 0.902. The Morgan fingerprint density at radius 1 is 1.00 bits per heavy atom. The largest absolute Gasteiger partial charge is 0.306 e. The molecule has 0 atom stereocenters. The van der Waals surface area contributed by atoms with Crippen LogP contribution in [0.4, 0.5) is 0 Å². The maximum Gasteiger partial charge on any atom is 0.254 e. The summed E-state index contributed by atoms with van der Waals surface area (Å²) in [7, 11) is 0. The minimum Gasteiger partial charge on any atom is -0.306 e. The van der Waals surface area contributed by atoms with Gasteiger partial charge in [-0.15, -0.1) is 0 Å². The van der Waals surface area contributed by atoms with E-state index in [0.29, 0.717) is 5.82 Å². The molecule has 1 aromatic heterocycles. The number of hydrogen-bond acceptors (Lipinski definition) is 2. The topological polar surface area (TPSA) is 45.8 Å². The molecule has 0 spiro atoms. The predicted octanol–water partition coefficient (Wildman–Crippen LogP) is 3.79. The standard InChI is InChI=1S/C17H22N2O/c1-9(2)15-13(6)18-16(19-17(15)20)14-8-11(4)10(3)7-12(14)5/h7-9H,1-6H3,(H,18,19,20). The molecule has 3 nitrogen and oxygen atoms in total. The van der Waals surface area contributed by atoms with Gasteiger partial charge in [-0.3, -0.25) is 4.79 Å². The summed E-state index contributed by atoms with van der Waals surface area (Å²) in [6.07, 6.45) is 0. The van der Waals surface area contributed by atoms with Gasteiger partial charge in [0.2, 0.25) is 0 Å². The first-order valence-corrected chi connectivity index (χ1v) is 7.00. The van der Waals surface area contributed by atoms with E-state index in [9.17, 15) is 4.79 Å². The molecule has 20 heavy (non-hydrogen) atoms. The molecule has 1 N–H and O–H groups in total. The Labute approximate surface area is 120 Å². The first kappa shape index (κ1) is 14.5. The van der Waals surface area contributed by atoms with Gasteiger partial charge in [0.15, 0.2) is 0 Å². The fourth-order valence-corrected chi connectivity index (χ4v) is 2.62. The summed E-state index contributed by atoms with van der Waals surface area (Å²) in [4.78, 5) is 19.8. The van der Waals surface area contributed by atoms with Gasteiger partial charge in [0.1, 0.15) is 5.82 Å². The summed E-state index contributed by atoms with van der Waals surface area (Å²) in [5.74, 6) is 0.846. The zero-order valence-electron chi connectivity index (χ0n) is 13.1. The van der Waals surface area contributed by atoms with Crippen LogP contribution in [0.2, 0.25) is 0 Å². The third kappa shape index (κ3) is 2.53. The monoisotopic (exact) mass is 270 g/mol. The van der Waals surface area contributed by atoms with Crippen LogP contribution < -0.4 is 5.56 Å². The van der Waals surface area contributed by atoms with E-state index in [2.05, 4.69) is 35.9 Å². The van der Waals surface area contributed by atoms with Crippen LogP contribution in [0.15, 0.2) is 16.9 Å². The van der Waals surface area contributed by atoms with Gasteiger partial charge in [0, 0.05) is 16.8 Å². The number of nitrogens with one attached hydrogen (secondary N) is 1. The fraction of sp³-hybridized carbons (Fsp3) is 0.412. The van der Waals surface area contributed by atoms with Crippen molar-refractivity contribution in [3.63, 3.8) is 0 Å². The molecule has 2 rings (SSSR count). The Balaban J connectivity index is 2.66. The number of aromatic nitrogens is 2.